The molecule has 2 nitrogen and oxygen atoms in total. The third-order valence-electron chi connectivity index (χ3n) is 10.6. The minimum atomic E-state index is 0.277. The molecule has 2 aromatic heterocycles. The maximum Gasteiger partial charge on any atom is 0.0620 e. The number of para-hydroxylation sites is 2. The molecule has 9 rings (SSSR count). The summed E-state index contributed by atoms with van der Waals surface area (Å²) in [5.41, 5.74) is 13.0. The Kier molecular flexibility index (Phi) is 6.36. The zero-order chi connectivity index (χ0) is 32.8. The number of rotatable bonds is 4. The van der Waals surface area contributed by atoms with E-state index in [1.54, 1.807) is 0 Å². The van der Waals surface area contributed by atoms with Crippen molar-refractivity contribution in [2.45, 2.75) is 53.5 Å². The average molecular weight is 621 g/mol. The van der Waals surface area contributed by atoms with Crippen LogP contribution in [0.15, 0.2) is 121 Å². The largest absolute Gasteiger partial charge is 0.337 e. The van der Waals surface area contributed by atoms with E-state index in [0.717, 1.165) is 0 Å². The van der Waals surface area contributed by atoms with E-state index in [4.69, 9.17) is 0 Å². The Morgan fingerprint density at radius 3 is 1.58 bits per heavy atom. The van der Waals surface area contributed by atoms with E-state index in [-0.39, 0.29) is 6.04 Å². The summed E-state index contributed by atoms with van der Waals surface area (Å²) >= 11 is 0. The summed E-state index contributed by atoms with van der Waals surface area (Å²) in [5, 5.41) is 10.3. The Bertz CT molecular complexity index is 2750. The van der Waals surface area contributed by atoms with Gasteiger partial charge in [-0.3, -0.25) is 0 Å². The first-order valence-electron chi connectivity index (χ1n) is 17.3. The van der Waals surface area contributed by atoms with Gasteiger partial charge in [0.15, 0.2) is 0 Å². The molecular weight excluding hydrogens is 581 g/mol. The minimum absolute atomic E-state index is 0.277. The van der Waals surface area contributed by atoms with Crippen LogP contribution in [0.2, 0.25) is 0 Å². The molecule has 0 aliphatic carbocycles. The van der Waals surface area contributed by atoms with Gasteiger partial charge in [-0.15, -0.1) is 0 Å². The van der Waals surface area contributed by atoms with Gasteiger partial charge in [-0.2, -0.15) is 0 Å². The highest BCUT2D eigenvalue weighted by Gasteiger charge is 2.24. The topological polar surface area (TPSA) is 9.86 Å². The van der Waals surface area contributed by atoms with Crippen LogP contribution in [0, 0.1) is 13.8 Å². The number of nitrogens with zero attached hydrogens (tertiary/aromatic N) is 2. The molecule has 0 amide bonds. The Morgan fingerprint density at radius 1 is 0.438 bits per heavy atom. The summed E-state index contributed by atoms with van der Waals surface area (Å²) in [6.45, 7) is 13.8. The molecule has 0 aliphatic rings. The monoisotopic (exact) mass is 620 g/mol. The lowest BCUT2D eigenvalue weighted by molar-refractivity contribution is 0.644. The van der Waals surface area contributed by atoms with Crippen molar-refractivity contribution in [1.82, 2.24) is 9.13 Å². The molecule has 0 bridgehead atoms. The minimum Gasteiger partial charge on any atom is -0.337 e. The second-order valence-electron chi connectivity index (χ2n) is 14.2. The molecule has 0 spiro atoms. The van der Waals surface area contributed by atoms with Gasteiger partial charge in [-0.25, -0.2) is 0 Å². The molecule has 0 N–H and O–H groups in total. The van der Waals surface area contributed by atoms with E-state index in [2.05, 4.69) is 172 Å². The van der Waals surface area contributed by atoms with Crippen molar-refractivity contribution in [3.8, 4) is 16.8 Å². The first-order chi connectivity index (χ1) is 23.3. The van der Waals surface area contributed by atoms with Crippen molar-refractivity contribution in [2.24, 2.45) is 0 Å². The SMILES string of the molecule is Cc1cc(-n2c3c(-c4cccc5c6ccc7ccccc7c6n(C(C)C)c45)cccc3c3ccc4ccccc4c32)c(C)cc1C(C)C. The van der Waals surface area contributed by atoms with E-state index in [9.17, 15) is 0 Å². The molecule has 9 aromatic rings. The van der Waals surface area contributed by atoms with Gasteiger partial charge in [0, 0.05) is 55.2 Å². The maximum absolute atomic E-state index is 2.59. The lowest BCUT2D eigenvalue weighted by atomic mass is 9.94. The number of hydrogen-bond donors (Lipinski definition) is 0. The first kappa shape index (κ1) is 28.8. The Balaban J connectivity index is 1.49. The number of aromatic nitrogens is 2. The molecule has 0 saturated heterocycles. The van der Waals surface area contributed by atoms with Crippen molar-refractivity contribution >= 4 is 65.2 Å². The predicted molar refractivity (Wildman–Crippen MR) is 208 cm³/mol. The second kappa shape index (κ2) is 10.6. The summed E-state index contributed by atoms with van der Waals surface area (Å²) in [4.78, 5) is 0. The van der Waals surface area contributed by atoms with Gasteiger partial charge in [-0.05, 0) is 67.1 Å². The lowest BCUT2D eigenvalue weighted by Gasteiger charge is -2.20. The fourth-order valence-corrected chi connectivity index (χ4v) is 8.57. The summed E-state index contributed by atoms with van der Waals surface area (Å²) in [6, 6.07) is 45.9. The van der Waals surface area contributed by atoms with Crippen molar-refractivity contribution in [1.29, 1.82) is 0 Å². The summed E-state index contributed by atoms with van der Waals surface area (Å²) in [7, 11) is 0. The fraction of sp³-hybridized carbons (Fsp3) is 0.174. The molecule has 0 saturated carbocycles. The van der Waals surface area contributed by atoms with Crippen LogP contribution in [0.25, 0.3) is 82.0 Å². The van der Waals surface area contributed by atoms with Crippen LogP contribution in [0.5, 0.6) is 0 Å². The fourth-order valence-electron chi connectivity index (χ4n) is 8.57. The molecule has 0 unspecified atom stereocenters. The van der Waals surface area contributed by atoms with Crippen LogP contribution >= 0.6 is 0 Å². The smallest absolute Gasteiger partial charge is 0.0620 e. The van der Waals surface area contributed by atoms with Crippen molar-refractivity contribution in [2.75, 3.05) is 0 Å². The standard InChI is InChI=1S/C46H40N2/c1-27(2)41-25-30(6)42(26-29(41)5)48-44-34-16-10-8-14-32(34)22-24-40(44)38-20-12-18-36(46(38)48)35-17-11-19-37-39-23-21-31-13-7-9-15-33(31)43(39)47(28(3)4)45(35)37/h7-28H,1-6H3. The van der Waals surface area contributed by atoms with E-state index in [1.165, 1.54) is 98.7 Å². The van der Waals surface area contributed by atoms with Gasteiger partial charge in [0.25, 0.3) is 0 Å². The number of benzene rings is 7. The quantitative estimate of drug-likeness (QED) is 0.185. The molecule has 0 atom stereocenters. The van der Waals surface area contributed by atoms with Crippen molar-refractivity contribution in [3.05, 3.63) is 138 Å². The normalized spacial score (nSPS) is 12.3. The van der Waals surface area contributed by atoms with Crippen LogP contribution in [-0.2, 0) is 0 Å². The van der Waals surface area contributed by atoms with E-state index < -0.39 is 0 Å². The molecule has 0 fully saturated rings. The molecule has 2 heteroatoms. The third-order valence-corrected chi connectivity index (χ3v) is 10.6. The average Bonchev–Trinajstić information content (AvgIpc) is 3.63. The predicted octanol–water partition coefficient (Wildman–Crippen LogP) is 13.2. The van der Waals surface area contributed by atoms with Crippen LogP contribution in [0.3, 0.4) is 0 Å². The number of hydrogen-bond acceptors (Lipinski definition) is 0. The van der Waals surface area contributed by atoms with Gasteiger partial charge in [-0.1, -0.05) is 129 Å². The van der Waals surface area contributed by atoms with E-state index in [0.29, 0.717) is 5.92 Å². The molecular formula is C46H40N2. The number of aryl methyl sites for hydroxylation is 2. The highest BCUT2D eigenvalue weighted by Crippen LogP contribution is 2.46. The Labute approximate surface area is 281 Å². The molecule has 48 heavy (non-hydrogen) atoms. The van der Waals surface area contributed by atoms with Crippen LogP contribution in [-0.4, -0.2) is 9.13 Å². The molecule has 234 valence electrons. The van der Waals surface area contributed by atoms with Crippen LogP contribution in [0.1, 0.15) is 56.3 Å². The van der Waals surface area contributed by atoms with Crippen molar-refractivity contribution < 1.29 is 0 Å². The maximum atomic E-state index is 2.59. The highest BCUT2D eigenvalue weighted by molar-refractivity contribution is 6.24. The molecule has 0 aliphatic heterocycles. The third kappa shape index (κ3) is 3.99. The first-order valence-corrected chi connectivity index (χ1v) is 17.3. The molecule has 2 heterocycles. The summed E-state index contributed by atoms with van der Waals surface area (Å²) < 4.78 is 5.18. The molecule has 0 radical (unpaired) electrons. The van der Waals surface area contributed by atoms with E-state index in [1.807, 2.05) is 0 Å². The Hall–Kier alpha value is -5.34. The zero-order valence-electron chi connectivity index (χ0n) is 28.6. The van der Waals surface area contributed by atoms with Crippen LogP contribution < -0.4 is 0 Å². The van der Waals surface area contributed by atoms with Gasteiger partial charge < -0.3 is 9.13 Å². The van der Waals surface area contributed by atoms with Crippen molar-refractivity contribution in [3.63, 3.8) is 0 Å². The molecule has 7 aromatic carbocycles. The second-order valence-corrected chi connectivity index (χ2v) is 14.2. The van der Waals surface area contributed by atoms with Gasteiger partial charge >= 0.3 is 0 Å². The van der Waals surface area contributed by atoms with Gasteiger partial charge in [0.2, 0.25) is 0 Å². The van der Waals surface area contributed by atoms with E-state index >= 15 is 0 Å². The van der Waals surface area contributed by atoms with Gasteiger partial charge in [0.05, 0.1) is 22.1 Å². The number of fused-ring (bicyclic) bond motifs is 10. The lowest BCUT2D eigenvalue weighted by Crippen LogP contribution is -2.04. The summed E-state index contributed by atoms with van der Waals surface area (Å²) in [6.07, 6.45) is 0. The highest BCUT2D eigenvalue weighted by atomic mass is 15.0. The Morgan fingerprint density at radius 2 is 0.958 bits per heavy atom. The van der Waals surface area contributed by atoms with Gasteiger partial charge in [0.1, 0.15) is 0 Å². The van der Waals surface area contributed by atoms with Crippen LogP contribution in [0.4, 0.5) is 0 Å². The zero-order valence-corrected chi connectivity index (χ0v) is 28.6. The summed E-state index contributed by atoms with van der Waals surface area (Å²) in [5.74, 6) is 0.471.